The minimum absolute atomic E-state index is 0.134. The van der Waals surface area contributed by atoms with Crippen molar-refractivity contribution in [2.75, 3.05) is 0 Å². The molecule has 0 heterocycles. The molecule has 0 spiro atoms. The van der Waals surface area contributed by atoms with E-state index < -0.39 is 16.0 Å². The minimum Gasteiger partial charge on any atom is -0.459 e. The monoisotopic (exact) mass is 299 g/mol. The van der Waals surface area contributed by atoms with Gasteiger partial charge in [0.2, 0.25) is 10.0 Å². The molecular weight excluding hydrogens is 278 g/mol. The van der Waals surface area contributed by atoms with E-state index in [2.05, 4.69) is 4.72 Å². The summed E-state index contributed by atoms with van der Waals surface area (Å²) in [7, 11) is -3.54. The zero-order chi connectivity index (χ0) is 15.3. The van der Waals surface area contributed by atoms with Crippen LogP contribution in [-0.2, 0) is 14.8 Å². The number of rotatable bonds is 6. The van der Waals surface area contributed by atoms with E-state index in [1.54, 1.807) is 20.8 Å². The lowest BCUT2D eigenvalue weighted by atomic mass is 10.2. The molecule has 1 N–H and O–H groups in total. The highest BCUT2D eigenvalue weighted by atomic mass is 32.2. The lowest BCUT2D eigenvalue weighted by Gasteiger charge is -2.12. The van der Waals surface area contributed by atoms with E-state index in [4.69, 9.17) is 4.74 Å². The Bertz CT molecular complexity index is 549. The van der Waals surface area contributed by atoms with Gasteiger partial charge in [-0.25, -0.2) is 17.9 Å². The molecule has 112 valence electrons. The summed E-state index contributed by atoms with van der Waals surface area (Å²) in [6.07, 6.45) is 0.496. The van der Waals surface area contributed by atoms with Crippen molar-refractivity contribution in [1.82, 2.24) is 4.72 Å². The van der Waals surface area contributed by atoms with Crippen molar-refractivity contribution in [2.24, 2.45) is 0 Å². The van der Waals surface area contributed by atoms with Gasteiger partial charge in [0.25, 0.3) is 0 Å². The van der Waals surface area contributed by atoms with Crippen molar-refractivity contribution in [1.29, 1.82) is 0 Å². The highest BCUT2D eigenvalue weighted by molar-refractivity contribution is 7.89. The molecule has 1 unspecified atom stereocenters. The van der Waals surface area contributed by atoms with Crippen LogP contribution < -0.4 is 4.72 Å². The minimum atomic E-state index is -3.54. The largest absolute Gasteiger partial charge is 0.459 e. The van der Waals surface area contributed by atoms with Crippen LogP contribution in [0.4, 0.5) is 0 Å². The van der Waals surface area contributed by atoms with E-state index in [0.717, 1.165) is 0 Å². The van der Waals surface area contributed by atoms with E-state index >= 15 is 0 Å². The fourth-order valence-corrected chi connectivity index (χ4v) is 2.80. The molecule has 0 amide bonds. The summed E-state index contributed by atoms with van der Waals surface area (Å²) >= 11 is 0. The molecule has 0 aliphatic rings. The third kappa shape index (κ3) is 4.61. The third-order valence-electron chi connectivity index (χ3n) is 2.71. The van der Waals surface area contributed by atoms with Gasteiger partial charge in [0.05, 0.1) is 16.6 Å². The first kappa shape index (κ1) is 16.7. The molecule has 0 radical (unpaired) electrons. The lowest BCUT2D eigenvalue weighted by molar-refractivity contribution is 0.0378. The normalized spacial score (nSPS) is 13.2. The number of ether oxygens (including phenoxy) is 1. The van der Waals surface area contributed by atoms with Crippen molar-refractivity contribution >= 4 is 16.0 Å². The summed E-state index contributed by atoms with van der Waals surface area (Å²) in [5, 5.41) is 0. The predicted octanol–water partition coefficient (Wildman–Crippen LogP) is 2.33. The second-order valence-corrected chi connectivity index (χ2v) is 6.62. The van der Waals surface area contributed by atoms with E-state index in [0.29, 0.717) is 12.0 Å². The highest BCUT2D eigenvalue weighted by Crippen LogP contribution is 2.13. The van der Waals surface area contributed by atoms with Crippen LogP contribution in [0.25, 0.3) is 0 Å². The molecule has 1 rings (SSSR count). The number of sulfonamides is 1. The number of benzene rings is 1. The Labute approximate surface area is 120 Å². The summed E-state index contributed by atoms with van der Waals surface area (Å²) in [5.74, 6) is -0.459. The maximum atomic E-state index is 12.0. The molecule has 1 aromatic carbocycles. The van der Waals surface area contributed by atoms with Gasteiger partial charge < -0.3 is 4.74 Å². The molecule has 5 nitrogen and oxygen atoms in total. The highest BCUT2D eigenvalue weighted by Gasteiger charge is 2.17. The van der Waals surface area contributed by atoms with Crippen molar-refractivity contribution in [3.05, 3.63) is 29.8 Å². The fourth-order valence-electron chi connectivity index (χ4n) is 1.47. The van der Waals surface area contributed by atoms with Gasteiger partial charge in [0.1, 0.15) is 0 Å². The van der Waals surface area contributed by atoms with Gasteiger partial charge in [-0.2, -0.15) is 0 Å². The van der Waals surface area contributed by atoms with Crippen LogP contribution >= 0.6 is 0 Å². The molecule has 20 heavy (non-hydrogen) atoms. The summed E-state index contributed by atoms with van der Waals surface area (Å²) in [4.78, 5) is 11.8. The van der Waals surface area contributed by atoms with E-state index in [9.17, 15) is 13.2 Å². The summed E-state index contributed by atoms with van der Waals surface area (Å²) in [5.41, 5.74) is 0.334. The number of hydrogen-bond acceptors (Lipinski definition) is 4. The molecular formula is C14H21NO4S. The number of nitrogens with one attached hydrogen (secondary N) is 1. The molecule has 0 bridgehead atoms. The Morgan fingerprint density at radius 2 is 1.75 bits per heavy atom. The van der Waals surface area contributed by atoms with Gasteiger partial charge >= 0.3 is 5.97 Å². The van der Waals surface area contributed by atoms with Gasteiger partial charge in [0, 0.05) is 6.04 Å². The summed E-state index contributed by atoms with van der Waals surface area (Å²) in [6, 6.07) is 5.58. The van der Waals surface area contributed by atoms with Crippen LogP contribution in [0, 0.1) is 0 Å². The van der Waals surface area contributed by atoms with E-state index in [1.807, 2.05) is 6.92 Å². The Kier molecular flexibility index (Phi) is 5.71. The van der Waals surface area contributed by atoms with Crippen LogP contribution in [0.1, 0.15) is 44.5 Å². The van der Waals surface area contributed by atoms with E-state index in [-0.39, 0.29) is 17.0 Å². The average molecular weight is 299 g/mol. The first-order valence-electron chi connectivity index (χ1n) is 6.59. The van der Waals surface area contributed by atoms with Crippen LogP contribution in [0.2, 0.25) is 0 Å². The molecule has 0 aromatic heterocycles. The molecule has 0 fully saturated rings. The van der Waals surface area contributed by atoms with Crippen LogP contribution in [0.5, 0.6) is 0 Å². The van der Waals surface area contributed by atoms with E-state index in [1.165, 1.54) is 24.3 Å². The smallest absolute Gasteiger partial charge is 0.338 e. The first-order chi connectivity index (χ1) is 9.26. The van der Waals surface area contributed by atoms with Crippen molar-refractivity contribution in [3.8, 4) is 0 Å². The molecule has 0 aliphatic carbocycles. The van der Waals surface area contributed by atoms with Crippen molar-refractivity contribution < 1.29 is 17.9 Å². The maximum absolute atomic E-state index is 12.0. The Morgan fingerprint density at radius 1 is 1.20 bits per heavy atom. The molecule has 0 saturated heterocycles. The number of esters is 1. The van der Waals surface area contributed by atoms with Gasteiger partial charge in [-0.1, -0.05) is 6.92 Å². The lowest BCUT2D eigenvalue weighted by Crippen LogP contribution is -2.32. The third-order valence-corrected chi connectivity index (χ3v) is 4.32. The fraction of sp³-hybridized carbons (Fsp3) is 0.500. The Balaban J connectivity index is 2.88. The van der Waals surface area contributed by atoms with Crippen LogP contribution in [0.15, 0.2) is 29.2 Å². The molecule has 1 aromatic rings. The Hall–Kier alpha value is -1.40. The maximum Gasteiger partial charge on any atom is 0.338 e. The van der Waals surface area contributed by atoms with Gasteiger partial charge in [-0.15, -0.1) is 0 Å². The SMILES string of the molecule is CCC(C)NS(=O)(=O)c1ccc(C(=O)OC(C)C)cc1. The molecule has 1 atom stereocenters. The van der Waals surface area contributed by atoms with Crippen LogP contribution in [0.3, 0.4) is 0 Å². The standard InChI is InChI=1S/C14H21NO4S/c1-5-11(4)15-20(17,18)13-8-6-12(7-9-13)14(16)19-10(2)3/h6-11,15H,5H2,1-4H3. The van der Waals surface area contributed by atoms with Gasteiger partial charge in [-0.05, 0) is 51.5 Å². The number of hydrogen-bond donors (Lipinski definition) is 1. The van der Waals surface area contributed by atoms with Gasteiger partial charge in [0.15, 0.2) is 0 Å². The topological polar surface area (TPSA) is 72.5 Å². The quantitative estimate of drug-likeness (QED) is 0.818. The first-order valence-corrected chi connectivity index (χ1v) is 8.08. The zero-order valence-corrected chi connectivity index (χ0v) is 13.0. The molecule has 0 saturated carbocycles. The summed E-state index contributed by atoms with van der Waals surface area (Å²) < 4.78 is 31.7. The zero-order valence-electron chi connectivity index (χ0n) is 12.2. The van der Waals surface area contributed by atoms with Crippen molar-refractivity contribution in [2.45, 2.75) is 51.2 Å². The summed E-state index contributed by atoms with van der Waals surface area (Å²) in [6.45, 7) is 7.21. The van der Waals surface area contributed by atoms with Crippen molar-refractivity contribution in [3.63, 3.8) is 0 Å². The second kappa shape index (κ2) is 6.85. The van der Waals surface area contributed by atoms with Gasteiger partial charge in [-0.3, -0.25) is 0 Å². The molecule has 0 aliphatic heterocycles. The van der Waals surface area contributed by atoms with Crippen LogP contribution in [-0.4, -0.2) is 26.5 Å². The second-order valence-electron chi connectivity index (χ2n) is 4.91. The number of carbonyl (C=O) groups excluding carboxylic acids is 1. The Morgan fingerprint density at radius 3 is 2.20 bits per heavy atom. The average Bonchev–Trinajstić information content (AvgIpc) is 2.37. The molecule has 6 heteroatoms. The number of carbonyl (C=O) groups is 1. The predicted molar refractivity (Wildman–Crippen MR) is 77.1 cm³/mol.